The van der Waals surface area contributed by atoms with Gasteiger partial charge in [-0.25, -0.2) is 9.97 Å². The zero-order valence-electron chi connectivity index (χ0n) is 24.9. The number of nitrogens with zero attached hydrogens (tertiary/aromatic N) is 2. The van der Waals surface area contributed by atoms with Crippen LogP contribution in [-0.4, -0.2) is 39.5 Å². The summed E-state index contributed by atoms with van der Waals surface area (Å²) in [6, 6.07) is 24.6. The minimum Gasteiger partial charge on any atom is -0.513 e. The number of aliphatic hydroxyl groups excluding tert-OH is 1. The van der Waals surface area contributed by atoms with Gasteiger partial charge in [-0.05, 0) is 60.4 Å². The van der Waals surface area contributed by atoms with Gasteiger partial charge in [-0.2, -0.15) is 0 Å². The molecule has 0 unspecified atom stereocenters. The van der Waals surface area contributed by atoms with Crippen molar-refractivity contribution >= 4 is 34.9 Å². The zero-order valence-corrected chi connectivity index (χ0v) is 25.6. The van der Waals surface area contributed by atoms with E-state index >= 15 is 0 Å². The zero-order chi connectivity index (χ0) is 31.6. The van der Waals surface area contributed by atoms with Gasteiger partial charge in [0, 0.05) is 30.1 Å². The van der Waals surface area contributed by atoms with Gasteiger partial charge in [0.15, 0.2) is 0 Å². The van der Waals surface area contributed by atoms with Crippen LogP contribution in [0.5, 0.6) is 11.5 Å². The number of hydrogen-bond acceptors (Lipinski definition) is 7. The molecule has 10 heteroatoms. The van der Waals surface area contributed by atoms with Crippen molar-refractivity contribution in [2.45, 2.75) is 51.0 Å². The maximum absolute atomic E-state index is 12.7. The first-order chi connectivity index (χ1) is 21.8. The molecule has 5 rings (SSSR count). The molecule has 0 spiro atoms. The van der Waals surface area contributed by atoms with Crippen molar-refractivity contribution in [1.82, 2.24) is 15.3 Å². The van der Waals surface area contributed by atoms with E-state index in [-0.39, 0.29) is 48.2 Å². The van der Waals surface area contributed by atoms with Gasteiger partial charge in [0.1, 0.15) is 28.3 Å². The fourth-order valence-corrected chi connectivity index (χ4v) is 5.43. The van der Waals surface area contributed by atoms with Gasteiger partial charge in [0.25, 0.3) is 0 Å². The number of aromatic nitrogens is 2. The maximum Gasteiger partial charge on any atom is 0.239 e. The van der Waals surface area contributed by atoms with Crippen molar-refractivity contribution in [3.8, 4) is 11.5 Å². The molecule has 1 saturated carbocycles. The maximum atomic E-state index is 12.7. The Bertz CT molecular complexity index is 1620. The second kappa shape index (κ2) is 15.2. The molecule has 9 nitrogen and oxygen atoms in total. The number of nitrogens with one attached hydrogen (secondary N) is 3. The summed E-state index contributed by atoms with van der Waals surface area (Å²) in [5, 5.41) is 19.0. The number of para-hydroxylation sites is 1. The lowest BCUT2D eigenvalue weighted by molar-refractivity contribution is -0.120. The van der Waals surface area contributed by atoms with Gasteiger partial charge in [-0.15, -0.1) is 0 Å². The molecule has 0 radical (unpaired) electrons. The molecular weight excluding hydrogens is 590 g/mol. The Morgan fingerprint density at radius 3 is 2.22 bits per heavy atom. The highest BCUT2D eigenvalue weighted by Crippen LogP contribution is 2.25. The van der Waals surface area contributed by atoms with E-state index in [9.17, 15) is 14.7 Å². The first-order valence-corrected chi connectivity index (χ1v) is 15.3. The number of ether oxygens (including phenoxy) is 1. The third-order valence-corrected chi connectivity index (χ3v) is 7.70. The van der Waals surface area contributed by atoms with E-state index in [1.807, 2.05) is 78.9 Å². The molecule has 232 valence electrons. The Balaban J connectivity index is 1.17. The third-order valence-electron chi connectivity index (χ3n) is 7.39. The molecule has 0 atom stereocenters. The van der Waals surface area contributed by atoms with E-state index < -0.39 is 0 Å². The van der Waals surface area contributed by atoms with Crippen LogP contribution >= 0.6 is 11.6 Å². The Hall–Kier alpha value is -4.89. The van der Waals surface area contributed by atoms with Crippen LogP contribution in [0.25, 0.3) is 0 Å². The fourth-order valence-electron chi connectivity index (χ4n) is 5.18. The number of carbonyl (C=O) groups excluding carboxylic acids is 2. The summed E-state index contributed by atoms with van der Waals surface area (Å²) in [5.41, 5.74) is 2.91. The SMILES string of the molecule is C=C(O)Cc1c(Cl)nc(Cc2ccc(NC(=O)Cc3ccc(Oc4ccccc4)cc3)cc2)nc1NCC(=O)NC1CCCC1. The lowest BCUT2D eigenvalue weighted by Gasteiger charge is -2.16. The van der Waals surface area contributed by atoms with E-state index in [1.165, 1.54) is 0 Å². The first-order valence-electron chi connectivity index (χ1n) is 15.0. The summed E-state index contributed by atoms with van der Waals surface area (Å²) in [6.07, 6.45) is 4.89. The van der Waals surface area contributed by atoms with Gasteiger partial charge >= 0.3 is 0 Å². The number of hydrogen-bond donors (Lipinski definition) is 4. The molecule has 3 aromatic carbocycles. The van der Waals surface area contributed by atoms with Crippen LogP contribution in [-0.2, 0) is 28.9 Å². The summed E-state index contributed by atoms with van der Waals surface area (Å²) in [6.45, 7) is 3.58. The average Bonchev–Trinajstić information content (AvgIpc) is 3.53. The highest BCUT2D eigenvalue weighted by Gasteiger charge is 2.19. The molecule has 1 fully saturated rings. The van der Waals surface area contributed by atoms with Crippen LogP contribution in [0.3, 0.4) is 0 Å². The van der Waals surface area contributed by atoms with E-state index in [1.54, 1.807) is 0 Å². The van der Waals surface area contributed by atoms with Gasteiger partial charge in [0.2, 0.25) is 11.8 Å². The van der Waals surface area contributed by atoms with Crippen molar-refractivity contribution in [3.05, 3.63) is 119 Å². The Labute approximate surface area is 267 Å². The Kier molecular flexibility index (Phi) is 10.7. The molecule has 1 aliphatic carbocycles. The van der Waals surface area contributed by atoms with E-state index in [0.717, 1.165) is 42.6 Å². The second-order valence-electron chi connectivity index (χ2n) is 11.1. The summed E-state index contributed by atoms with van der Waals surface area (Å²) in [4.78, 5) is 34.2. The quantitative estimate of drug-likeness (QED) is 0.0953. The lowest BCUT2D eigenvalue weighted by atomic mass is 10.1. The van der Waals surface area contributed by atoms with Crippen molar-refractivity contribution in [3.63, 3.8) is 0 Å². The highest BCUT2D eigenvalue weighted by atomic mass is 35.5. The first kappa shape index (κ1) is 31.5. The van der Waals surface area contributed by atoms with Gasteiger partial charge in [-0.3, -0.25) is 9.59 Å². The normalized spacial score (nSPS) is 12.8. The van der Waals surface area contributed by atoms with Crippen molar-refractivity contribution < 1.29 is 19.4 Å². The van der Waals surface area contributed by atoms with Crippen LogP contribution in [0, 0.1) is 0 Å². The predicted molar refractivity (Wildman–Crippen MR) is 176 cm³/mol. The van der Waals surface area contributed by atoms with E-state index in [0.29, 0.717) is 35.1 Å². The molecule has 0 bridgehead atoms. The van der Waals surface area contributed by atoms with E-state index in [4.69, 9.17) is 16.3 Å². The summed E-state index contributed by atoms with van der Waals surface area (Å²) in [5.74, 6) is 1.93. The number of benzene rings is 3. The minimum atomic E-state index is -0.136. The molecule has 4 N–H and O–H groups in total. The number of carbonyl (C=O) groups is 2. The molecule has 45 heavy (non-hydrogen) atoms. The van der Waals surface area contributed by atoms with Crippen LogP contribution in [0.15, 0.2) is 91.2 Å². The van der Waals surface area contributed by atoms with Crippen molar-refractivity contribution in [1.29, 1.82) is 0 Å². The highest BCUT2D eigenvalue weighted by molar-refractivity contribution is 6.30. The number of allylic oxidation sites excluding steroid dienone is 1. The summed E-state index contributed by atoms with van der Waals surface area (Å²) < 4.78 is 5.82. The molecule has 4 aromatic rings. The van der Waals surface area contributed by atoms with E-state index in [2.05, 4.69) is 32.5 Å². The smallest absolute Gasteiger partial charge is 0.239 e. The number of halogens is 1. The fraction of sp³-hybridized carbons (Fsp3) is 0.257. The molecule has 0 saturated heterocycles. The van der Waals surface area contributed by atoms with Crippen molar-refractivity contribution in [2.24, 2.45) is 0 Å². The monoisotopic (exact) mass is 625 g/mol. The number of rotatable bonds is 13. The third kappa shape index (κ3) is 9.55. The summed E-state index contributed by atoms with van der Waals surface area (Å²) >= 11 is 6.49. The summed E-state index contributed by atoms with van der Waals surface area (Å²) in [7, 11) is 0. The van der Waals surface area contributed by atoms with Gasteiger partial charge < -0.3 is 25.8 Å². The molecule has 1 heterocycles. The van der Waals surface area contributed by atoms with Crippen LogP contribution in [0.1, 0.15) is 48.2 Å². The van der Waals surface area contributed by atoms with Crippen LogP contribution < -0.4 is 20.7 Å². The number of aliphatic hydroxyl groups is 1. The van der Waals surface area contributed by atoms with Gasteiger partial charge in [0.05, 0.1) is 18.7 Å². The molecule has 1 aliphatic rings. The average molecular weight is 626 g/mol. The van der Waals surface area contributed by atoms with Crippen molar-refractivity contribution in [2.75, 3.05) is 17.2 Å². The second-order valence-corrected chi connectivity index (χ2v) is 11.4. The minimum absolute atomic E-state index is 0.0220. The lowest BCUT2D eigenvalue weighted by Crippen LogP contribution is -2.37. The topological polar surface area (TPSA) is 125 Å². The standard InChI is InChI=1S/C35H36ClN5O4/c1-23(42)19-30-34(36)40-31(41-35(30)37-22-33(44)39-26-7-5-6-8-26)20-24-11-15-27(16-12-24)38-32(43)21-25-13-17-29(18-14-25)45-28-9-3-2-4-10-28/h2-4,9-18,26,42H,1,5-8,19-22H2,(H,38,43)(H,39,44)(H,37,40,41). The Morgan fingerprint density at radius 2 is 1.53 bits per heavy atom. The predicted octanol–water partition coefficient (Wildman–Crippen LogP) is 6.78. The van der Waals surface area contributed by atoms with Gasteiger partial charge in [-0.1, -0.05) is 73.5 Å². The molecular formula is C35H36ClN5O4. The number of amides is 2. The van der Waals surface area contributed by atoms with Crippen LogP contribution in [0.4, 0.5) is 11.5 Å². The molecule has 1 aromatic heterocycles. The van der Waals surface area contributed by atoms with Crippen LogP contribution in [0.2, 0.25) is 5.15 Å². The molecule has 2 amide bonds. The Morgan fingerprint density at radius 1 is 0.867 bits per heavy atom. The molecule has 0 aliphatic heterocycles. The number of anilines is 2. The largest absolute Gasteiger partial charge is 0.513 e.